The van der Waals surface area contributed by atoms with Gasteiger partial charge in [-0.1, -0.05) is 11.2 Å². The molecule has 0 saturated carbocycles. The molecule has 0 aliphatic carbocycles. The van der Waals surface area contributed by atoms with Crippen LogP contribution in [0.4, 0.5) is 0 Å². The van der Waals surface area contributed by atoms with E-state index < -0.39 is 5.60 Å². The molecule has 3 aliphatic rings. The normalized spacial score (nSPS) is 27.5. The van der Waals surface area contributed by atoms with Crippen molar-refractivity contribution in [1.29, 1.82) is 0 Å². The molecule has 26 heavy (non-hydrogen) atoms. The first-order chi connectivity index (χ1) is 12.7. The van der Waals surface area contributed by atoms with E-state index in [0.29, 0.717) is 43.9 Å². The number of pyridine rings is 1. The van der Waals surface area contributed by atoms with E-state index in [2.05, 4.69) is 15.5 Å². The van der Waals surface area contributed by atoms with Crippen molar-refractivity contribution in [2.24, 2.45) is 5.16 Å². The number of hydrogen-bond donors (Lipinski definition) is 1. The van der Waals surface area contributed by atoms with Crippen LogP contribution in [0.15, 0.2) is 29.6 Å². The SMILES string of the molecule is O=C(NC[C@@H]1CCCO1)C1=NO[C@]2(CCN(C(=O)c3ccccn3)C2)C1. The third-order valence-electron chi connectivity index (χ3n) is 5.10. The van der Waals surface area contributed by atoms with E-state index in [-0.39, 0.29) is 17.9 Å². The second-order valence-corrected chi connectivity index (χ2v) is 7.03. The molecule has 2 saturated heterocycles. The van der Waals surface area contributed by atoms with E-state index in [4.69, 9.17) is 9.57 Å². The lowest BCUT2D eigenvalue weighted by Gasteiger charge is -2.21. The molecule has 0 bridgehead atoms. The van der Waals surface area contributed by atoms with Crippen molar-refractivity contribution in [3.05, 3.63) is 30.1 Å². The molecule has 1 aromatic rings. The highest BCUT2D eigenvalue weighted by Crippen LogP contribution is 2.34. The summed E-state index contributed by atoms with van der Waals surface area (Å²) in [5.41, 5.74) is 0.203. The summed E-state index contributed by atoms with van der Waals surface area (Å²) in [6.45, 7) is 2.23. The molecule has 2 amide bonds. The molecule has 0 radical (unpaired) electrons. The van der Waals surface area contributed by atoms with Gasteiger partial charge in [-0.15, -0.1) is 0 Å². The molecule has 4 heterocycles. The van der Waals surface area contributed by atoms with E-state index in [9.17, 15) is 9.59 Å². The number of nitrogens with one attached hydrogen (secondary N) is 1. The Bertz CT molecular complexity index is 717. The molecule has 0 aromatic carbocycles. The zero-order valence-corrected chi connectivity index (χ0v) is 14.5. The maximum absolute atomic E-state index is 12.5. The highest BCUT2D eigenvalue weighted by Gasteiger charge is 2.48. The number of oxime groups is 1. The van der Waals surface area contributed by atoms with Crippen molar-refractivity contribution >= 4 is 17.5 Å². The van der Waals surface area contributed by atoms with Crippen LogP contribution in [0.3, 0.4) is 0 Å². The van der Waals surface area contributed by atoms with Crippen molar-refractivity contribution in [3.8, 4) is 0 Å². The smallest absolute Gasteiger partial charge is 0.272 e. The zero-order valence-electron chi connectivity index (χ0n) is 14.5. The maximum atomic E-state index is 12.5. The predicted octanol–water partition coefficient (Wildman–Crippen LogP) is 0.738. The molecule has 138 valence electrons. The minimum Gasteiger partial charge on any atom is -0.386 e. The molecular formula is C18H22N4O4. The van der Waals surface area contributed by atoms with Crippen LogP contribution in [0.5, 0.6) is 0 Å². The molecular weight excluding hydrogens is 336 g/mol. The van der Waals surface area contributed by atoms with Crippen molar-refractivity contribution in [3.63, 3.8) is 0 Å². The number of carbonyl (C=O) groups is 2. The fourth-order valence-electron chi connectivity index (χ4n) is 3.65. The molecule has 2 fully saturated rings. The van der Waals surface area contributed by atoms with Gasteiger partial charge < -0.3 is 19.8 Å². The van der Waals surface area contributed by atoms with Gasteiger partial charge in [0.1, 0.15) is 11.4 Å². The van der Waals surface area contributed by atoms with Crippen molar-refractivity contribution in [2.45, 2.75) is 37.4 Å². The lowest BCUT2D eigenvalue weighted by molar-refractivity contribution is -0.115. The number of ether oxygens (including phenoxy) is 1. The Morgan fingerprint density at radius 2 is 2.31 bits per heavy atom. The zero-order chi connectivity index (χ0) is 18.0. The minimum atomic E-state index is -0.596. The first-order valence-electron chi connectivity index (χ1n) is 9.00. The van der Waals surface area contributed by atoms with E-state index in [1.54, 1.807) is 29.3 Å². The molecule has 2 atom stereocenters. The maximum Gasteiger partial charge on any atom is 0.272 e. The molecule has 1 spiro atoms. The second-order valence-electron chi connectivity index (χ2n) is 7.03. The molecule has 0 unspecified atom stereocenters. The highest BCUT2D eigenvalue weighted by molar-refractivity contribution is 6.39. The molecule has 4 rings (SSSR count). The largest absolute Gasteiger partial charge is 0.386 e. The van der Waals surface area contributed by atoms with Crippen LogP contribution in [0.2, 0.25) is 0 Å². The Hall–Kier alpha value is -2.48. The number of carbonyl (C=O) groups excluding carboxylic acids is 2. The predicted molar refractivity (Wildman–Crippen MR) is 92.6 cm³/mol. The van der Waals surface area contributed by atoms with E-state index in [1.807, 2.05) is 0 Å². The summed E-state index contributed by atoms with van der Waals surface area (Å²) in [6.07, 6.45) is 4.76. The van der Waals surface area contributed by atoms with Crippen LogP contribution in [-0.2, 0) is 14.4 Å². The number of rotatable bonds is 4. The standard InChI is InChI=1S/C18H22N4O4/c23-16(20-11-13-4-3-9-25-13)15-10-18(26-21-15)6-8-22(12-18)17(24)14-5-1-2-7-19-14/h1-2,5,7,13H,3-4,6,8-12H2,(H,20,23)/t13-,18+/m0/s1. The molecule has 1 aromatic heterocycles. The molecule has 8 heteroatoms. The third kappa shape index (κ3) is 3.41. The van der Waals surface area contributed by atoms with Crippen LogP contribution in [0, 0.1) is 0 Å². The van der Waals surface area contributed by atoms with Gasteiger partial charge in [-0.3, -0.25) is 14.6 Å². The number of nitrogens with zero attached hydrogens (tertiary/aromatic N) is 3. The van der Waals surface area contributed by atoms with Crippen molar-refractivity contribution in [2.75, 3.05) is 26.2 Å². The summed E-state index contributed by atoms with van der Waals surface area (Å²) < 4.78 is 5.51. The summed E-state index contributed by atoms with van der Waals surface area (Å²) in [7, 11) is 0. The van der Waals surface area contributed by atoms with Gasteiger partial charge in [-0.2, -0.15) is 0 Å². The first kappa shape index (κ1) is 17.0. The summed E-state index contributed by atoms with van der Waals surface area (Å²) in [4.78, 5) is 36.3. The number of likely N-dealkylation sites (tertiary alicyclic amines) is 1. The van der Waals surface area contributed by atoms with Crippen molar-refractivity contribution in [1.82, 2.24) is 15.2 Å². The fourth-order valence-corrected chi connectivity index (χ4v) is 3.65. The average molecular weight is 358 g/mol. The Balaban J connectivity index is 1.31. The van der Waals surface area contributed by atoms with Crippen LogP contribution in [0.1, 0.15) is 36.2 Å². The monoisotopic (exact) mass is 358 g/mol. The second kappa shape index (κ2) is 7.03. The van der Waals surface area contributed by atoms with E-state index >= 15 is 0 Å². The summed E-state index contributed by atoms with van der Waals surface area (Å²) >= 11 is 0. The molecule has 8 nitrogen and oxygen atoms in total. The molecule has 3 aliphatic heterocycles. The van der Waals surface area contributed by atoms with Gasteiger partial charge in [0, 0.05) is 38.7 Å². The number of amides is 2. The summed E-state index contributed by atoms with van der Waals surface area (Å²) in [5.74, 6) is -0.339. The highest BCUT2D eigenvalue weighted by atomic mass is 16.7. The van der Waals surface area contributed by atoms with Gasteiger partial charge in [0.15, 0.2) is 5.60 Å². The van der Waals surface area contributed by atoms with Gasteiger partial charge in [-0.25, -0.2) is 0 Å². The van der Waals surface area contributed by atoms with Gasteiger partial charge >= 0.3 is 0 Å². The van der Waals surface area contributed by atoms with Crippen LogP contribution >= 0.6 is 0 Å². The number of aromatic nitrogens is 1. The topological polar surface area (TPSA) is 93.1 Å². The van der Waals surface area contributed by atoms with Crippen molar-refractivity contribution < 1.29 is 19.2 Å². The lowest BCUT2D eigenvalue weighted by atomic mass is 9.96. The minimum absolute atomic E-state index is 0.0915. The average Bonchev–Trinajstić information content (AvgIpc) is 3.42. The van der Waals surface area contributed by atoms with Crippen LogP contribution < -0.4 is 5.32 Å². The van der Waals surface area contributed by atoms with Gasteiger partial charge in [0.2, 0.25) is 0 Å². The fraction of sp³-hybridized carbons (Fsp3) is 0.556. The van der Waals surface area contributed by atoms with Gasteiger partial charge in [-0.05, 0) is 25.0 Å². The lowest BCUT2D eigenvalue weighted by Crippen LogP contribution is -2.40. The number of hydrogen-bond acceptors (Lipinski definition) is 6. The Labute approximate surface area is 151 Å². The van der Waals surface area contributed by atoms with Gasteiger partial charge in [0.25, 0.3) is 11.8 Å². The Morgan fingerprint density at radius 1 is 1.38 bits per heavy atom. The Kier molecular flexibility index (Phi) is 4.58. The molecule has 1 N–H and O–H groups in total. The summed E-state index contributed by atoms with van der Waals surface area (Å²) in [6, 6.07) is 5.26. The Morgan fingerprint density at radius 3 is 3.08 bits per heavy atom. The quantitative estimate of drug-likeness (QED) is 0.857. The van der Waals surface area contributed by atoms with E-state index in [1.165, 1.54) is 0 Å². The first-order valence-corrected chi connectivity index (χ1v) is 9.00. The summed E-state index contributed by atoms with van der Waals surface area (Å²) in [5, 5.41) is 6.86. The van der Waals surface area contributed by atoms with Crippen LogP contribution in [-0.4, -0.2) is 65.4 Å². The van der Waals surface area contributed by atoms with E-state index in [0.717, 1.165) is 19.4 Å². The third-order valence-corrected chi connectivity index (χ3v) is 5.10. The van der Waals surface area contributed by atoms with Gasteiger partial charge in [0.05, 0.1) is 12.6 Å². The van der Waals surface area contributed by atoms with Crippen LogP contribution in [0.25, 0.3) is 0 Å².